The van der Waals surface area contributed by atoms with Gasteiger partial charge in [-0.2, -0.15) is 0 Å². The fourth-order valence-corrected chi connectivity index (χ4v) is 3.59. The van der Waals surface area contributed by atoms with Gasteiger partial charge in [0.1, 0.15) is 17.5 Å². The number of carbonyl (C=O) groups is 1. The molecule has 6 heteroatoms. The molecule has 1 aromatic heterocycles. The normalized spacial score (nSPS) is 20.9. The number of aromatic nitrogens is 2. The molecule has 132 valence electrons. The number of nitrogens with zero attached hydrogens (tertiary/aromatic N) is 2. The van der Waals surface area contributed by atoms with Crippen molar-refractivity contribution in [2.24, 2.45) is 5.92 Å². The van der Waals surface area contributed by atoms with Crippen molar-refractivity contribution < 1.29 is 9.53 Å². The number of aromatic amines is 1. The quantitative estimate of drug-likeness (QED) is 0.721. The molecule has 1 saturated carbocycles. The van der Waals surface area contributed by atoms with Crippen LogP contribution in [-0.4, -0.2) is 33.1 Å². The maximum Gasteiger partial charge on any atom is 0.411 e. The molecule has 0 unspecified atom stereocenters. The highest BCUT2D eigenvalue weighted by Crippen LogP contribution is 2.43. The highest BCUT2D eigenvalue weighted by Gasteiger charge is 2.39. The topological polar surface area (TPSA) is 58.2 Å². The summed E-state index contributed by atoms with van der Waals surface area (Å²) in [5, 5.41) is 0. The average molecular weight is 404 g/mol. The molecule has 0 spiro atoms. The Hall–Kier alpha value is -1.82. The van der Waals surface area contributed by atoms with Crippen LogP contribution >= 0.6 is 15.9 Å². The van der Waals surface area contributed by atoms with Crippen LogP contribution in [0.2, 0.25) is 0 Å². The molecule has 5 nitrogen and oxygen atoms in total. The Morgan fingerprint density at radius 1 is 1.36 bits per heavy atom. The van der Waals surface area contributed by atoms with Gasteiger partial charge in [-0.15, -0.1) is 0 Å². The third kappa shape index (κ3) is 3.45. The highest BCUT2D eigenvalue weighted by atomic mass is 79.9. The van der Waals surface area contributed by atoms with Crippen molar-refractivity contribution in [3.63, 3.8) is 0 Å². The van der Waals surface area contributed by atoms with Gasteiger partial charge in [-0.05, 0) is 63.3 Å². The number of H-pyrrole nitrogens is 1. The minimum atomic E-state index is -0.511. The first-order valence-corrected chi connectivity index (χ1v) is 9.45. The van der Waals surface area contributed by atoms with Crippen LogP contribution in [-0.2, 0) is 4.74 Å². The van der Waals surface area contributed by atoms with E-state index in [0.717, 1.165) is 21.3 Å². The van der Waals surface area contributed by atoms with E-state index in [1.165, 1.54) is 18.4 Å². The number of benzene rings is 1. The summed E-state index contributed by atoms with van der Waals surface area (Å²) in [7, 11) is 0. The van der Waals surface area contributed by atoms with Gasteiger partial charge < -0.3 is 9.72 Å². The van der Waals surface area contributed by atoms with E-state index in [1.807, 2.05) is 39.0 Å². The van der Waals surface area contributed by atoms with Gasteiger partial charge in [0.15, 0.2) is 0 Å². The summed E-state index contributed by atoms with van der Waals surface area (Å²) in [6.45, 7) is 6.31. The predicted octanol–water partition coefficient (Wildman–Crippen LogP) is 4.95. The SMILES string of the molecule is CC(C)(C)OC(=O)N1CC(C2CC2)=C[C@H]1c1nc2ccc(Br)cc2[nH]1. The predicted molar refractivity (Wildman–Crippen MR) is 100 cm³/mol. The van der Waals surface area contributed by atoms with Crippen molar-refractivity contribution in [3.05, 3.63) is 40.1 Å². The van der Waals surface area contributed by atoms with E-state index in [4.69, 9.17) is 9.72 Å². The number of hydrogen-bond acceptors (Lipinski definition) is 3. The number of carbonyl (C=O) groups excluding carboxylic acids is 1. The van der Waals surface area contributed by atoms with E-state index in [0.29, 0.717) is 12.5 Å². The summed E-state index contributed by atoms with van der Waals surface area (Å²) in [5.74, 6) is 1.41. The number of ether oxygens (including phenoxy) is 1. The lowest BCUT2D eigenvalue weighted by molar-refractivity contribution is 0.0232. The summed E-state index contributed by atoms with van der Waals surface area (Å²) >= 11 is 3.49. The number of imidazole rings is 1. The number of halogens is 1. The first-order chi connectivity index (χ1) is 11.8. The van der Waals surface area contributed by atoms with Gasteiger partial charge in [0, 0.05) is 11.0 Å². The van der Waals surface area contributed by atoms with Crippen LogP contribution in [0.1, 0.15) is 45.5 Å². The molecule has 1 atom stereocenters. The zero-order valence-electron chi connectivity index (χ0n) is 14.7. The zero-order chi connectivity index (χ0) is 17.8. The molecule has 0 saturated heterocycles. The molecule has 2 heterocycles. The Balaban J connectivity index is 1.67. The molecule has 25 heavy (non-hydrogen) atoms. The lowest BCUT2D eigenvalue weighted by Gasteiger charge is -2.28. The monoisotopic (exact) mass is 403 g/mol. The van der Waals surface area contributed by atoms with Crippen molar-refractivity contribution in [3.8, 4) is 0 Å². The second-order valence-corrected chi connectivity index (χ2v) is 8.77. The van der Waals surface area contributed by atoms with Gasteiger partial charge in [-0.25, -0.2) is 9.78 Å². The van der Waals surface area contributed by atoms with Gasteiger partial charge in [-0.3, -0.25) is 4.90 Å². The summed E-state index contributed by atoms with van der Waals surface area (Å²) in [4.78, 5) is 22.6. The molecule has 1 amide bonds. The van der Waals surface area contributed by atoms with Crippen LogP contribution in [0, 0.1) is 5.92 Å². The Bertz CT molecular complexity index is 861. The standard InChI is InChI=1S/C19H22BrN3O2/c1-19(2,3)25-18(24)23-10-12(11-4-5-11)8-16(23)17-21-14-7-6-13(20)9-15(14)22-17/h6-9,11,16H,4-5,10H2,1-3H3,(H,21,22)/t16-/m0/s1. The van der Waals surface area contributed by atoms with Gasteiger partial charge >= 0.3 is 6.09 Å². The van der Waals surface area contributed by atoms with Gasteiger partial charge in [-0.1, -0.05) is 22.0 Å². The van der Waals surface area contributed by atoms with Gasteiger partial charge in [0.25, 0.3) is 0 Å². The molecule has 0 radical (unpaired) electrons. The molecule has 1 aromatic carbocycles. The lowest BCUT2D eigenvalue weighted by Crippen LogP contribution is -2.37. The van der Waals surface area contributed by atoms with E-state index in [-0.39, 0.29) is 12.1 Å². The van der Waals surface area contributed by atoms with Crippen LogP contribution < -0.4 is 0 Å². The number of amides is 1. The number of rotatable bonds is 2. The molecular formula is C19H22BrN3O2. The molecule has 1 aliphatic heterocycles. The average Bonchev–Trinajstić information content (AvgIpc) is 3.12. The summed E-state index contributed by atoms with van der Waals surface area (Å²) in [5.41, 5.74) is 2.68. The molecule has 1 aliphatic carbocycles. The molecule has 2 aromatic rings. The lowest BCUT2D eigenvalue weighted by atomic mass is 10.1. The number of fused-ring (bicyclic) bond motifs is 1. The molecular weight excluding hydrogens is 382 g/mol. The van der Waals surface area contributed by atoms with Crippen LogP contribution in [0.4, 0.5) is 4.79 Å². The Morgan fingerprint density at radius 3 is 2.80 bits per heavy atom. The zero-order valence-corrected chi connectivity index (χ0v) is 16.3. The van der Waals surface area contributed by atoms with E-state index in [1.54, 1.807) is 4.90 Å². The fourth-order valence-electron chi connectivity index (χ4n) is 3.23. The summed E-state index contributed by atoms with van der Waals surface area (Å²) in [6.07, 6.45) is 4.33. The number of nitrogens with one attached hydrogen (secondary N) is 1. The second kappa shape index (κ2) is 5.87. The minimum Gasteiger partial charge on any atom is -0.444 e. The van der Waals surface area contributed by atoms with E-state index >= 15 is 0 Å². The van der Waals surface area contributed by atoms with E-state index in [2.05, 4.69) is 27.0 Å². The first-order valence-electron chi connectivity index (χ1n) is 8.65. The van der Waals surface area contributed by atoms with Crippen molar-refractivity contribution in [2.75, 3.05) is 6.54 Å². The molecule has 4 rings (SSSR count). The first kappa shape index (κ1) is 16.6. The summed E-state index contributed by atoms with van der Waals surface area (Å²) < 4.78 is 6.62. The Kier molecular flexibility index (Phi) is 3.90. The molecule has 2 aliphatic rings. The third-order valence-electron chi connectivity index (χ3n) is 4.53. The van der Waals surface area contributed by atoms with Crippen LogP contribution in [0.3, 0.4) is 0 Å². The van der Waals surface area contributed by atoms with Gasteiger partial charge in [0.05, 0.1) is 11.0 Å². The molecule has 0 bridgehead atoms. The van der Waals surface area contributed by atoms with Crippen molar-refractivity contribution in [1.82, 2.24) is 14.9 Å². The molecule has 1 fully saturated rings. The van der Waals surface area contributed by atoms with Crippen LogP contribution in [0.15, 0.2) is 34.3 Å². The van der Waals surface area contributed by atoms with E-state index < -0.39 is 5.60 Å². The second-order valence-electron chi connectivity index (χ2n) is 7.85. The van der Waals surface area contributed by atoms with Gasteiger partial charge in [0.2, 0.25) is 0 Å². The van der Waals surface area contributed by atoms with Crippen molar-refractivity contribution in [2.45, 2.75) is 45.3 Å². The highest BCUT2D eigenvalue weighted by molar-refractivity contribution is 9.10. The number of hydrogen-bond donors (Lipinski definition) is 1. The Labute approximate surface area is 155 Å². The Morgan fingerprint density at radius 2 is 2.12 bits per heavy atom. The largest absolute Gasteiger partial charge is 0.444 e. The maximum absolute atomic E-state index is 12.7. The van der Waals surface area contributed by atoms with Crippen LogP contribution in [0.5, 0.6) is 0 Å². The maximum atomic E-state index is 12.7. The third-order valence-corrected chi connectivity index (χ3v) is 5.03. The van der Waals surface area contributed by atoms with E-state index in [9.17, 15) is 4.79 Å². The smallest absolute Gasteiger partial charge is 0.411 e. The molecule has 1 N–H and O–H groups in total. The van der Waals surface area contributed by atoms with Crippen LogP contribution in [0.25, 0.3) is 11.0 Å². The minimum absolute atomic E-state index is 0.198. The summed E-state index contributed by atoms with van der Waals surface area (Å²) in [6, 6.07) is 5.75. The van der Waals surface area contributed by atoms with Crippen molar-refractivity contribution >= 4 is 33.1 Å². The van der Waals surface area contributed by atoms with Crippen molar-refractivity contribution in [1.29, 1.82) is 0 Å². The fraction of sp³-hybridized carbons (Fsp3) is 0.474.